The summed E-state index contributed by atoms with van der Waals surface area (Å²) in [5, 5.41) is 14.2. The molecule has 0 aromatic carbocycles. The van der Waals surface area contributed by atoms with Gasteiger partial charge in [-0.2, -0.15) is 0 Å². The zero-order valence-corrected chi connectivity index (χ0v) is 21.4. The summed E-state index contributed by atoms with van der Waals surface area (Å²) in [5.41, 5.74) is 6.91. The van der Waals surface area contributed by atoms with Gasteiger partial charge in [-0.15, -0.1) is 32.9 Å². The summed E-state index contributed by atoms with van der Waals surface area (Å²) in [6, 6.07) is 2.12. The van der Waals surface area contributed by atoms with Gasteiger partial charge in [0.05, 0.1) is 23.3 Å². The average molecular weight is 508 g/mol. The van der Waals surface area contributed by atoms with E-state index in [9.17, 15) is 14.4 Å². The smallest absolute Gasteiger partial charge is 0.341 e. The minimum absolute atomic E-state index is 0.0441. The minimum atomic E-state index is -0.671. The van der Waals surface area contributed by atoms with Gasteiger partial charge in [-0.1, -0.05) is 25.6 Å². The molecule has 0 aliphatic rings. The Morgan fingerprint density at radius 1 is 1.30 bits per heavy atom. The van der Waals surface area contributed by atoms with Crippen molar-refractivity contribution < 1.29 is 19.1 Å². The second-order valence-electron chi connectivity index (χ2n) is 7.40. The Balaban J connectivity index is 1.75. The summed E-state index contributed by atoms with van der Waals surface area (Å²) < 4.78 is 6.75. The summed E-state index contributed by atoms with van der Waals surface area (Å²) in [4.78, 5) is 38.0. The van der Waals surface area contributed by atoms with Crippen molar-refractivity contribution in [1.29, 1.82) is 0 Å². The minimum Gasteiger partial charge on any atom is -0.465 e. The number of anilines is 1. The number of methoxy groups -OCH3 is 1. The van der Waals surface area contributed by atoms with Crippen LogP contribution in [0.15, 0.2) is 16.6 Å². The van der Waals surface area contributed by atoms with E-state index in [0.717, 1.165) is 22.7 Å². The van der Waals surface area contributed by atoms with E-state index >= 15 is 0 Å². The van der Waals surface area contributed by atoms with Gasteiger partial charge in [0.15, 0.2) is 11.0 Å². The zero-order valence-electron chi connectivity index (χ0n) is 18.9. The molecule has 33 heavy (non-hydrogen) atoms. The molecule has 3 heterocycles. The number of hydrogen-bond donors (Lipinski definition) is 2. The molecule has 0 saturated heterocycles. The van der Waals surface area contributed by atoms with E-state index in [-0.39, 0.29) is 27.1 Å². The molecule has 0 aliphatic heterocycles. The molecule has 3 N–H and O–H groups in total. The van der Waals surface area contributed by atoms with Gasteiger partial charge >= 0.3 is 5.97 Å². The van der Waals surface area contributed by atoms with Crippen LogP contribution in [0.2, 0.25) is 0 Å². The van der Waals surface area contributed by atoms with Crippen LogP contribution in [0.1, 0.15) is 57.2 Å². The molecule has 0 aliphatic carbocycles. The third kappa shape index (κ3) is 5.28. The highest BCUT2D eigenvalue weighted by atomic mass is 32.2. The lowest BCUT2D eigenvalue weighted by Gasteiger charge is -2.07. The lowest BCUT2D eigenvalue weighted by atomic mass is 10.1. The maximum Gasteiger partial charge on any atom is 0.341 e. The fourth-order valence-corrected chi connectivity index (χ4v) is 5.91. The molecule has 0 fully saturated rings. The topological polar surface area (TPSA) is 129 Å². The number of amides is 2. The summed E-state index contributed by atoms with van der Waals surface area (Å²) in [6.45, 7) is 8.53. The van der Waals surface area contributed by atoms with Crippen LogP contribution in [-0.4, -0.2) is 45.4 Å². The van der Waals surface area contributed by atoms with E-state index in [0.29, 0.717) is 23.2 Å². The van der Waals surface area contributed by atoms with E-state index in [1.807, 2.05) is 11.5 Å². The van der Waals surface area contributed by atoms with Crippen LogP contribution in [0.25, 0.3) is 11.4 Å². The summed E-state index contributed by atoms with van der Waals surface area (Å²) in [7, 11) is 1.23. The fraction of sp³-hybridized carbons (Fsp3) is 0.381. The first kappa shape index (κ1) is 24.9. The van der Waals surface area contributed by atoms with E-state index < -0.39 is 11.9 Å². The van der Waals surface area contributed by atoms with Crippen LogP contribution in [-0.2, 0) is 16.1 Å². The number of nitrogens with one attached hydrogen (secondary N) is 1. The summed E-state index contributed by atoms with van der Waals surface area (Å²) >= 11 is 3.88. The second kappa shape index (κ2) is 10.5. The van der Waals surface area contributed by atoms with Gasteiger partial charge in [0, 0.05) is 22.4 Å². The van der Waals surface area contributed by atoms with E-state index in [4.69, 9.17) is 10.5 Å². The number of esters is 1. The Hall–Kier alpha value is -2.70. The van der Waals surface area contributed by atoms with Gasteiger partial charge in [0.25, 0.3) is 5.91 Å². The van der Waals surface area contributed by atoms with Crippen LogP contribution >= 0.6 is 34.4 Å². The SMILES string of the molecule is CCn1c(SCC(=O)Nc2sc(C(N)=O)c(C)c2C(=O)OC)nnc1-c1csc(C(C)C)c1. The number of nitrogens with zero attached hydrogens (tertiary/aromatic N) is 3. The van der Waals surface area contributed by atoms with Crippen molar-refractivity contribution >= 4 is 57.2 Å². The molecule has 3 rings (SSSR count). The predicted octanol–water partition coefficient (Wildman–Crippen LogP) is 4.14. The van der Waals surface area contributed by atoms with Crippen molar-refractivity contribution in [2.75, 3.05) is 18.2 Å². The number of hydrogen-bond acceptors (Lipinski definition) is 9. The van der Waals surface area contributed by atoms with E-state index in [2.05, 4.69) is 40.8 Å². The molecule has 3 aromatic rings. The lowest BCUT2D eigenvalue weighted by molar-refractivity contribution is -0.113. The number of thiophene rings is 2. The number of rotatable bonds is 9. The highest BCUT2D eigenvalue weighted by Crippen LogP contribution is 2.34. The highest BCUT2D eigenvalue weighted by molar-refractivity contribution is 7.99. The maximum absolute atomic E-state index is 12.6. The Bertz CT molecular complexity index is 1190. The number of carbonyl (C=O) groups is 3. The summed E-state index contributed by atoms with van der Waals surface area (Å²) in [6.07, 6.45) is 0. The molecule has 3 aromatic heterocycles. The Morgan fingerprint density at radius 2 is 2.03 bits per heavy atom. The Morgan fingerprint density at radius 3 is 2.61 bits per heavy atom. The quantitative estimate of drug-likeness (QED) is 0.329. The maximum atomic E-state index is 12.6. The van der Waals surface area contributed by atoms with Crippen LogP contribution in [0.5, 0.6) is 0 Å². The van der Waals surface area contributed by atoms with Gasteiger partial charge < -0.3 is 20.4 Å². The van der Waals surface area contributed by atoms with Crippen molar-refractivity contribution in [2.45, 2.75) is 45.3 Å². The van der Waals surface area contributed by atoms with Gasteiger partial charge in [-0.3, -0.25) is 9.59 Å². The van der Waals surface area contributed by atoms with Gasteiger partial charge in [-0.05, 0) is 31.4 Å². The molecule has 0 saturated carbocycles. The largest absolute Gasteiger partial charge is 0.465 e. The Labute approximate surface area is 203 Å². The number of primary amides is 1. The molecular weight excluding hydrogens is 482 g/mol. The number of carbonyl (C=O) groups excluding carboxylic acids is 3. The monoisotopic (exact) mass is 507 g/mol. The normalized spacial score (nSPS) is 11.1. The van der Waals surface area contributed by atoms with Crippen LogP contribution in [0, 0.1) is 6.92 Å². The van der Waals surface area contributed by atoms with Crippen molar-refractivity contribution in [3.8, 4) is 11.4 Å². The summed E-state index contributed by atoms with van der Waals surface area (Å²) in [5.74, 6) is -0.433. The lowest BCUT2D eigenvalue weighted by Crippen LogP contribution is -2.16. The number of thioether (sulfide) groups is 1. The first-order chi connectivity index (χ1) is 15.7. The third-order valence-electron chi connectivity index (χ3n) is 4.83. The second-order valence-corrected chi connectivity index (χ2v) is 10.3. The standard InChI is InChI=1S/C21H25N5O4S3/c1-6-26-18(12-7-13(10(2)3)31-8-12)24-25-21(26)32-9-14(27)23-19-15(20(29)30-5)11(4)16(33-19)17(22)28/h7-8,10H,6,9H2,1-5H3,(H2,22,28)(H,23,27). The molecule has 2 amide bonds. The number of aromatic nitrogens is 3. The molecule has 176 valence electrons. The zero-order chi connectivity index (χ0) is 24.3. The molecule has 0 spiro atoms. The van der Waals surface area contributed by atoms with Crippen molar-refractivity contribution in [3.05, 3.63) is 32.3 Å². The number of nitrogens with two attached hydrogens (primary N) is 1. The van der Waals surface area contributed by atoms with Crippen molar-refractivity contribution in [1.82, 2.24) is 14.8 Å². The van der Waals surface area contributed by atoms with Gasteiger partial charge in [-0.25, -0.2) is 4.79 Å². The van der Waals surface area contributed by atoms with Gasteiger partial charge in [0.1, 0.15) is 5.00 Å². The highest BCUT2D eigenvalue weighted by Gasteiger charge is 2.25. The van der Waals surface area contributed by atoms with E-state index in [1.54, 1.807) is 18.3 Å². The first-order valence-electron chi connectivity index (χ1n) is 10.1. The molecule has 0 atom stereocenters. The Kier molecular flexibility index (Phi) is 7.92. The first-order valence-corrected chi connectivity index (χ1v) is 12.8. The molecule has 9 nitrogen and oxygen atoms in total. The molecule has 0 radical (unpaired) electrons. The van der Waals surface area contributed by atoms with Crippen LogP contribution in [0.4, 0.5) is 5.00 Å². The van der Waals surface area contributed by atoms with Crippen molar-refractivity contribution in [2.24, 2.45) is 5.73 Å². The number of ether oxygens (including phenoxy) is 1. The average Bonchev–Trinajstić information content (AvgIpc) is 3.48. The molecule has 0 unspecified atom stereocenters. The predicted molar refractivity (Wildman–Crippen MR) is 131 cm³/mol. The fourth-order valence-electron chi connectivity index (χ4n) is 3.14. The third-order valence-corrected chi connectivity index (χ3v) is 8.25. The van der Waals surface area contributed by atoms with E-state index in [1.165, 1.54) is 23.7 Å². The molecular formula is C21H25N5O4S3. The molecule has 12 heteroatoms. The van der Waals surface area contributed by atoms with Crippen molar-refractivity contribution in [3.63, 3.8) is 0 Å². The van der Waals surface area contributed by atoms with Gasteiger partial charge in [0.2, 0.25) is 5.91 Å². The molecule has 0 bridgehead atoms. The van der Waals surface area contributed by atoms with Crippen LogP contribution < -0.4 is 11.1 Å². The van der Waals surface area contributed by atoms with Crippen LogP contribution in [0.3, 0.4) is 0 Å².